The lowest BCUT2D eigenvalue weighted by Gasteiger charge is -2.32. The molecule has 2 aromatic carbocycles. The maximum Gasteiger partial charge on any atom is 0.261 e. The van der Waals surface area contributed by atoms with Crippen LogP contribution in [0.3, 0.4) is 0 Å². The molecular formula is C27H36N2O3. The Morgan fingerprint density at radius 3 is 2.50 bits per heavy atom. The second kappa shape index (κ2) is 12.3. The molecule has 0 radical (unpaired) electrons. The van der Waals surface area contributed by atoms with Gasteiger partial charge in [0, 0.05) is 12.6 Å². The molecule has 1 N–H and O–H groups in total. The summed E-state index contributed by atoms with van der Waals surface area (Å²) in [6.07, 6.45) is 6.87. The normalized spacial score (nSPS) is 15.1. The lowest BCUT2D eigenvalue weighted by atomic mass is 9.95. The van der Waals surface area contributed by atoms with Gasteiger partial charge in [-0.1, -0.05) is 68.7 Å². The molecule has 0 spiro atoms. The monoisotopic (exact) mass is 436 g/mol. The highest BCUT2D eigenvalue weighted by Gasteiger charge is 2.30. The van der Waals surface area contributed by atoms with Crippen LogP contribution in [0.15, 0.2) is 54.6 Å². The van der Waals surface area contributed by atoms with Crippen LogP contribution in [0.2, 0.25) is 0 Å². The molecule has 1 aliphatic carbocycles. The van der Waals surface area contributed by atoms with E-state index in [1.54, 1.807) is 4.90 Å². The van der Waals surface area contributed by atoms with Gasteiger partial charge in [-0.3, -0.25) is 9.59 Å². The summed E-state index contributed by atoms with van der Waals surface area (Å²) in [5.74, 6) is 0.463. The molecule has 0 saturated heterocycles. The highest BCUT2D eigenvalue weighted by Crippen LogP contribution is 2.19. The molecular weight excluding hydrogens is 400 g/mol. The van der Waals surface area contributed by atoms with Crippen LogP contribution in [0.4, 0.5) is 0 Å². The Kier molecular flexibility index (Phi) is 9.14. The van der Waals surface area contributed by atoms with Crippen LogP contribution in [-0.4, -0.2) is 41.9 Å². The summed E-state index contributed by atoms with van der Waals surface area (Å²) in [6.45, 7) is 4.36. The predicted molar refractivity (Wildman–Crippen MR) is 128 cm³/mol. The zero-order valence-electron chi connectivity index (χ0n) is 19.4. The van der Waals surface area contributed by atoms with Crippen LogP contribution >= 0.6 is 0 Å². The molecule has 32 heavy (non-hydrogen) atoms. The van der Waals surface area contributed by atoms with Crippen LogP contribution in [0.25, 0.3) is 0 Å². The van der Waals surface area contributed by atoms with Gasteiger partial charge >= 0.3 is 0 Å². The molecule has 5 nitrogen and oxygen atoms in total. The summed E-state index contributed by atoms with van der Waals surface area (Å²) in [5, 5.41) is 3.21. The third-order valence-corrected chi connectivity index (χ3v) is 6.17. The first kappa shape index (κ1) is 23.8. The fraction of sp³-hybridized carbons (Fsp3) is 0.481. The van der Waals surface area contributed by atoms with Gasteiger partial charge in [0.25, 0.3) is 5.91 Å². The quantitative estimate of drug-likeness (QED) is 0.589. The number of hydrogen-bond donors (Lipinski definition) is 1. The first-order valence-electron chi connectivity index (χ1n) is 11.9. The number of carbonyl (C=O) groups is 2. The Labute approximate surface area is 192 Å². The van der Waals surface area contributed by atoms with Crippen LogP contribution < -0.4 is 10.1 Å². The number of amides is 2. The van der Waals surface area contributed by atoms with Crippen LogP contribution in [-0.2, 0) is 16.0 Å². The number of rotatable bonds is 10. The van der Waals surface area contributed by atoms with Crippen molar-refractivity contribution in [2.45, 2.75) is 70.9 Å². The molecule has 1 fully saturated rings. The molecule has 0 heterocycles. The largest absolute Gasteiger partial charge is 0.484 e. The van der Waals surface area contributed by atoms with Gasteiger partial charge in [0.1, 0.15) is 11.8 Å². The van der Waals surface area contributed by atoms with Gasteiger partial charge in [0.05, 0.1) is 0 Å². The second-order valence-corrected chi connectivity index (χ2v) is 8.70. The number of nitrogens with one attached hydrogen (secondary N) is 1. The summed E-state index contributed by atoms with van der Waals surface area (Å²) < 4.78 is 5.78. The van der Waals surface area contributed by atoms with E-state index in [0.717, 1.165) is 36.8 Å². The summed E-state index contributed by atoms with van der Waals surface area (Å²) in [7, 11) is 0. The highest BCUT2D eigenvalue weighted by molar-refractivity contribution is 5.88. The Hall–Kier alpha value is -2.82. The van der Waals surface area contributed by atoms with Gasteiger partial charge in [-0.15, -0.1) is 0 Å². The predicted octanol–water partition coefficient (Wildman–Crippen LogP) is 4.67. The Morgan fingerprint density at radius 1 is 1.06 bits per heavy atom. The Morgan fingerprint density at radius 2 is 1.81 bits per heavy atom. The molecule has 1 saturated carbocycles. The number of hydrogen-bond acceptors (Lipinski definition) is 3. The van der Waals surface area contributed by atoms with Gasteiger partial charge in [-0.25, -0.2) is 0 Å². The molecule has 0 bridgehead atoms. The van der Waals surface area contributed by atoms with Crippen molar-refractivity contribution in [3.63, 3.8) is 0 Å². The van der Waals surface area contributed by atoms with Crippen molar-refractivity contribution in [3.8, 4) is 5.75 Å². The van der Waals surface area contributed by atoms with E-state index in [1.807, 2.05) is 56.3 Å². The van der Waals surface area contributed by atoms with E-state index in [4.69, 9.17) is 4.74 Å². The van der Waals surface area contributed by atoms with E-state index in [9.17, 15) is 9.59 Å². The van der Waals surface area contributed by atoms with Crippen molar-refractivity contribution in [2.24, 2.45) is 0 Å². The smallest absolute Gasteiger partial charge is 0.261 e. The molecule has 0 aromatic heterocycles. The average molecular weight is 437 g/mol. The van der Waals surface area contributed by atoms with Gasteiger partial charge in [0.15, 0.2) is 6.61 Å². The van der Waals surface area contributed by atoms with Crippen molar-refractivity contribution >= 4 is 11.8 Å². The molecule has 1 atom stereocenters. The van der Waals surface area contributed by atoms with Gasteiger partial charge < -0.3 is 15.0 Å². The SMILES string of the molecule is CCC(C(=O)NC1CCCCC1)N(CCc1ccccc1)C(=O)COc1cccc(C)c1. The zero-order valence-corrected chi connectivity index (χ0v) is 19.4. The molecule has 3 rings (SSSR count). The van der Waals surface area contributed by atoms with E-state index in [1.165, 1.54) is 6.42 Å². The molecule has 1 unspecified atom stereocenters. The van der Waals surface area contributed by atoms with Crippen molar-refractivity contribution in [1.29, 1.82) is 0 Å². The third kappa shape index (κ3) is 7.11. The molecule has 2 amide bonds. The number of benzene rings is 2. The Bertz CT molecular complexity index is 862. The molecule has 5 heteroatoms. The third-order valence-electron chi connectivity index (χ3n) is 6.17. The summed E-state index contributed by atoms with van der Waals surface area (Å²) in [6, 6.07) is 17.5. The summed E-state index contributed by atoms with van der Waals surface area (Å²) >= 11 is 0. The molecule has 0 aliphatic heterocycles. The number of ether oxygens (including phenoxy) is 1. The fourth-order valence-electron chi connectivity index (χ4n) is 4.37. The van der Waals surface area contributed by atoms with Crippen LogP contribution in [0, 0.1) is 6.92 Å². The fourth-order valence-corrected chi connectivity index (χ4v) is 4.37. The van der Waals surface area contributed by atoms with E-state index < -0.39 is 6.04 Å². The van der Waals surface area contributed by atoms with Gasteiger partial charge in [0.2, 0.25) is 5.91 Å². The summed E-state index contributed by atoms with van der Waals surface area (Å²) in [5.41, 5.74) is 2.22. The molecule has 2 aromatic rings. The minimum atomic E-state index is -0.491. The van der Waals surface area contributed by atoms with E-state index >= 15 is 0 Å². The topological polar surface area (TPSA) is 58.6 Å². The standard InChI is InChI=1S/C27H36N2O3/c1-3-25(27(31)28-23-14-8-5-9-15-23)29(18-17-22-12-6-4-7-13-22)26(30)20-32-24-16-10-11-21(2)19-24/h4,6-7,10-13,16,19,23,25H,3,5,8-9,14-15,17-18,20H2,1-2H3,(H,28,31). The Balaban J connectivity index is 1.69. The average Bonchev–Trinajstić information content (AvgIpc) is 2.81. The van der Waals surface area contributed by atoms with Crippen molar-refractivity contribution in [3.05, 3.63) is 65.7 Å². The van der Waals surface area contributed by atoms with Gasteiger partial charge in [-0.2, -0.15) is 0 Å². The van der Waals surface area contributed by atoms with E-state index in [2.05, 4.69) is 17.4 Å². The van der Waals surface area contributed by atoms with Crippen molar-refractivity contribution in [1.82, 2.24) is 10.2 Å². The maximum absolute atomic E-state index is 13.2. The van der Waals surface area contributed by atoms with Crippen LogP contribution in [0.1, 0.15) is 56.6 Å². The first-order valence-corrected chi connectivity index (χ1v) is 11.9. The van der Waals surface area contributed by atoms with Crippen LogP contribution in [0.5, 0.6) is 5.75 Å². The lowest BCUT2D eigenvalue weighted by Crippen LogP contribution is -2.53. The minimum Gasteiger partial charge on any atom is -0.484 e. The van der Waals surface area contributed by atoms with Crippen molar-refractivity contribution < 1.29 is 14.3 Å². The second-order valence-electron chi connectivity index (χ2n) is 8.70. The number of carbonyl (C=O) groups excluding carboxylic acids is 2. The highest BCUT2D eigenvalue weighted by atomic mass is 16.5. The summed E-state index contributed by atoms with van der Waals surface area (Å²) in [4.78, 5) is 28.1. The molecule has 172 valence electrons. The first-order chi connectivity index (χ1) is 15.6. The number of aryl methyl sites for hydroxylation is 1. The van der Waals surface area contributed by atoms with E-state index in [0.29, 0.717) is 25.1 Å². The van der Waals surface area contributed by atoms with Gasteiger partial charge in [-0.05, 0) is 55.9 Å². The molecule has 1 aliphatic rings. The van der Waals surface area contributed by atoms with E-state index in [-0.39, 0.29) is 24.5 Å². The zero-order chi connectivity index (χ0) is 22.8. The maximum atomic E-state index is 13.2. The lowest BCUT2D eigenvalue weighted by molar-refractivity contribution is -0.142. The minimum absolute atomic E-state index is 0.0450. The van der Waals surface area contributed by atoms with Crippen molar-refractivity contribution in [2.75, 3.05) is 13.2 Å². The number of nitrogens with zero attached hydrogens (tertiary/aromatic N) is 1.